The molecule has 7 nitrogen and oxygen atoms in total. The van der Waals surface area contributed by atoms with E-state index in [0.29, 0.717) is 36.9 Å². The van der Waals surface area contributed by atoms with Crippen LogP contribution in [0.25, 0.3) is 0 Å². The van der Waals surface area contributed by atoms with Crippen molar-refractivity contribution >= 4 is 11.6 Å². The molecule has 0 bridgehead atoms. The van der Waals surface area contributed by atoms with Crippen LogP contribution in [-0.4, -0.2) is 32.0 Å². The zero-order valence-corrected chi connectivity index (χ0v) is 14.5. The third-order valence-corrected chi connectivity index (χ3v) is 4.37. The third kappa shape index (κ3) is 3.52. The largest absolute Gasteiger partial charge is 0.486 e. The molecule has 7 heteroatoms. The van der Waals surface area contributed by atoms with Gasteiger partial charge in [0, 0.05) is 17.3 Å². The lowest BCUT2D eigenvalue weighted by molar-refractivity contribution is -0.688. The fourth-order valence-corrected chi connectivity index (χ4v) is 2.87. The van der Waals surface area contributed by atoms with E-state index in [9.17, 15) is 4.79 Å². The van der Waals surface area contributed by atoms with Crippen LogP contribution in [0.4, 0.5) is 5.69 Å². The first-order chi connectivity index (χ1) is 12.7. The van der Waals surface area contributed by atoms with Crippen LogP contribution in [0.15, 0.2) is 36.4 Å². The normalized spacial score (nSPS) is 15.4. The molecule has 2 aromatic rings. The molecule has 2 aliphatic heterocycles. The Bertz CT molecular complexity index is 824. The predicted octanol–water partition coefficient (Wildman–Crippen LogP) is 1.28. The minimum atomic E-state index is -0.242. The lowest BCUT2D eigenvalue weighted by Crippen LogP contribution is -2.90. The summed E-state index contributed by atoms with van der Waals surface area (Å²) >= 11 is 0. The summed E-state index contributed by atoms with van der Waals surface area (Å²) in [6, 6.07) is 11.0. The van der Waals surface area contributed by atoms with Gasteiger partial charge in [0.05, 0.1) is 0 Å². The molecule has 0 saturated heterocycles. The number of hydrogen-bond acceptors (Lipinski definition) is 5. The molecule has 4 rings (SSSR count). The first-order valence-electron chi connectivity index (χ1n) is 8.61. The van der Waals surface area contributed by atoms with Gasteiger partial charge in [0.2, 0.25) is 6.79 Å². The van der Waals surface area contributed by atoms with Crippen molar-refractivity contribution in [3.8, 4) is 23.0 Å². The Morgan fingerprint density at radius 3 is 2.58 bits per heavy atom. The maximum atomic E-state index is 12.4. The second-order valence-corrected chi connectivity index (χ2v) is 6.26. The highest BCUT2D eigenvalue weighted by atomic mass is 16.7. The first-order valence-corrected chi connectivity index (χ1v) is 8.61. The first kappa shape index (κ1) is 16.5. The molecule has 2 aliphatic rings. The molecule has 2 heterocycles. The van der Waals surface area contributed by atoms with Gasteiger partial charge in [-0.15, -0.1) is 0 Å². The van der Waals surface area contributed by atoms with Gasteiger partial charge in [0.25, 0.3) is 5.91 Å². The number of ether oxygens (including phenoxy) is 4. The van der Waals surface area contributed by atoms with Crippen molar-refractivity contribution in [2.45, 2.75) is 19.5 Å². The van der Waals surface area contributed by atoms with Crippen molar-refractivity contribution in [2.75, 3.05) is 25.3 Å². The van der Waals surface area contributed by atoms with E-state index in [2.05, 4.69) is 5.32 Å². The Balaban J connectivity index is 1.33. The Morgan fingerprint density at radius 1 is 1.00 bits per heavy atom. The minimum absolute atomic E-state index is 0.0672. The SMILES string of the molecule is C[C@@H]([NH2+]Cc1ccc2c(c1)OCO2)C(=O)Nc1ccc2c(c1)OCCO2. The van der Waals surface area contributed by atoms with Crippen LogP contribution in [0.5, 0.6) is 23.0 Å². The third-order valence-electron chi connectivity index (χ3n) is 4.37. The molecule has 0 saturated carbocycles. The van der Waals surface area contributed by atoms with Crippen molar-refractivity contribution in [3.63, 3.8) is 0 Å². The van der Waals surface area contributed by atoms with E-state index in [1.807, 2.05) is 42.6 Å². The number of nitrogens with two attached hydrogens (primary N) is 1. The molecule has 0 aromatic heterocycles. The molecule has 136 valence electrons. The standard InChI is InChI=1S/C19H20N2O5/c1-12(20-10-13-2-4-16-17(8-13)26-11-25-16)19(22)21-14-3-5-15-18(9-14)24-7-6-23-15/h2-5,8-9,12,20H,6-7,10-11H2,1H3,(H,21,22)/p+1/t12-/m1/s1. The summed E-state index contributed by atoms with van der Waals surface area (Å²) in [5.74, 6) is 2.81. The highest BCUT2D eigenvalue weighted by molar-refractivity contribution is 5.93. The summed E-state index contributed by atoms with van der Waals surface area (Å²) in [5.41, 5.74) is 1.77. The van der Waals surface area contributed by atoms with E-state index in [-0.39, 0.29) is 18.7 Å². The molecule has 0 fully saturated rings. The van der Waals surface area contributed by atoms with Crippen LogP contribution in [0.2, 0.25) is 0 Å². The van der Waals surface area contributed by atoms with Crippen molar-refractivity contribution in [1.29, 1.82) is 0 Å². The van der Waals surface area contributed by atoms with Gasteiger partial charge in [-0.1, -0.05) is 0 Å². The number of anilines is 1. The average molecular weight is 357 g/mol. The van der Waals surface area contributed by atoms with Crippen molar-refractivity contribution in [3.05, 3.63) is 42.0 Å². The fourth-order valence-electron chi connectivity index (χ4n) is 2.87. The number of nitrogens with one attached hydrogen (secondary N) is 1. The van der Waals surface area contributed by atoms with Crippen molar-refractivity contribution < 1.29 is 29.1 Å². The van der Waals surface area contributed by atoms with Crippen molar-refractivity contribution in [1.82, 2.24) is 0 Å². The average Bonchev–Trinajstić information content (AvgIpc) is 3.13. The number of hydrogen-bond donors (Lipinski definition) is 2. The zero-order chi connectivity index (χ0) is 17.9. The molecule has 0 unspecified atom stereocenters. The molecule has 3 N–H and O–H groups in total. The lowest BCUT2D eigenvalue weighted by Gasteiger charge is -2.19. The van der Waals surface area contributed by atoms with Crippen LogP contribution in [0.1, 0.15) is 12.5 Å². The van der Waals surface area contributed by atoms with Crippen LogP contribution in [0, 0.1) is 0 Å². The maximum absolute atomic E-state index is 12.4. The van der Waals surface area contributed by atoms with E-state index in [0.717, 1.165) is 17.1 Å². The van der Waals surface area contributed by atoms with Crippen molar-refractivity contribution in [2.24, 2.45) is 0 Å². The number of amides is 1. The monoisotopic (exact) mass is 357 g/mol. The quantitative estimate of drug-likeness (QED) is 0.842. The minimum Gasteiger partial charge on any atom is -0.486 e. The van der Waals surface area contributed by atoms with Gasteiger partial charge < -0.3 is 29.6 Å². The highest BCUT2D eigenvalue weighted by Gasteiger charge is 2.19. The fraction of sp³-hybridized carbons (Fsp3) is 0.316. The van der Waals surface area contributed by atoms with Crippen LogP contribution < -0.4 is 29.6 Å². The summed E-state index contributed by atoms with van der Waals surface area (Å²) in [6.07, 6.45) is 0. The van der Waals surface area contributed by atoms with E-state index in [4.69, 9.17) is 18.9 Å². The topological polar surface area (TPSA) is 82.6 Å². The van der Waals surface area contributed by atoms with Crippen LogP contribution in [0.3, 0.4) is 0 Å². The molecule has 0 radical (unpaired) electrons. The zero-order valence-electron chi connectivity index (χ0n) is 14.5. The lowest BCUT2D eigenvalue weighted by atomic mass is 10.2. The molecule has 26 heavy (non-hydrogen) atoms. The van der Waals surface area contributed by atoms with Gasteiger partial charge in [0.1, 0.15) is 19.8 Å². The van der Waals surface area contributed by atoms with E-state index in [1.54, 1.807) is 6.07 Å². The second kappa shape index (κ2) is 7.13. The summed E-state index contributed by atoms with van der Waals surface area (Å²) in [6.45, 7) is 3.87. The van der Waals surface area contributed by atoms with Gasteiger partial charge in [0.15, 0.2) is 29.0 Å². The number of fused-ring (bicyclic) bond motifs is 2. The number of carbonyl (C=O) groups is 1. The van der Waals surface area contributed by atoms with E-state index in [1.165, 1.54) is 0 Å². The summed E-state index contributed by atoms with van der Waals surface area (Å²) in [7, 11) is 0. The van der Waals surface area contributed by atoms with Gasteiger partial charge in [-0.05, 0) is 37.3 Å². The Labute approximate surface area is 151 Å². The Kier molecular flexibility index (Phi) is 4.53. The molecule has 2 aromatic carbocycles. The van der Waals surface area contributed by atoms with E-state index < -0.39 is 0 Å². The molecule has 1 atom stereocenters. The molecular formula is C19H21N2O5+. The number of carbonyl (C=O) groups excluding carboxylic acids is 1. The molecule has 1 amide bonds. The Morgan fingerprint density at radius 2 is 1.69 bits per heavy atom. The van der Waals surface area contributed by atoms with Gasteiger partial charge in [-0.25, -0.2) is 0 Å². The molecule has 0 spiro atoms. The van der Waals surface area contributed by atoms with Gasteiger partial charge in [-0.3, -0.25) is 4.79 Å². The summed E-state index contributed by atoms with van der Waals surface area (Å²) in [4.78, 5) is 12.4. The number of benzene rings is 2. The van der Waals surface area contributed by atoms with Gasteiger partial charge >= 0.3 is 0 Å². The summed E-state index contributed by atoms with van der Waals surface area (Å²) < 4.78 is 21.7. The maximum Gasteiger partial charge on any atom is 0.282 e. The summed E-state index contributed by atoms with van der Waals surface area (Å²) in [5, 5.41) is 4.90. The smallest absolute Gasteiger partial charge is 0.282 e. The van der Waals surface area contributed by atoms with Crippen LogP contribution in [-0.2, 0) is 11.3 Å². The number of quaternary nitrogens is 1. The predicted molar refractivity (Wildman–Crippen MR) is 93.7 cm³/mol. The van der Waals surface area contributed by atoms with Crippen LogP contribution >= 0.6 is 0 Å². The highest BCUT2D eigenvalue weighted by Crippen LogP contribution is 2.33. The van der Waals surface area contributed by atoms with Gasteiger partial charge in [-0.2, -0.15) is 0 Å². The Hall–Kier alpha value is -2.93. The molecule has 0 aliphatic carbocycles. The second-order valence-electron chi connectivity index (χ2n) is 6.26. The molecular weight excluding hydrogens is 336 g/mol. The van der Waals surface area contributed by atoms with E-state index >= 15 is 0 Å². The number of rotatable bonds is 5.